The van der Waals surface area contributed by atoms with Gasteiger partial charge in [-0.25, -0.2) is 9.97 Å². The quantitative estimate of drug-likeness (QED) is 0.712. The number of fused-ring (bicyclic) bond motifs is 1. The van der Waals surface area contributed by atoms with Crippen molar-refractivity contribution in [3.8, 4) is 11.5 Å². The first-order chi connectivity index (χ1) is 13.7. The average Bonchev–Trinajstić information content (AvgIpc) is 3.37. The molecule has 5 heterocycles. The van der Waals surface area contributed by atoms with Crippen LogP contribution in [0.3, 0.4) is 0 Å². The number of imidazole rings is 1. The van der Waals surface area contributed by atoms with Crippen LogP contribution in [-0.2, 0) is 9.47 Å². The summed E-state index contributed by atoms with van der Waals surface area (Å²) in [5.41, 5.74) is 2.71. The number of anilines is 2. The summed E-state index contributed by atoms with van der Waals surface area (Å²) in [5, 5.41) is 7.03. The van der Waals surface area contributed by atoms with Crippen molar-refractivity contribution >= 4 is 22.7 Å². The second-order valence-corrected chi connectivity index (χ2v) is 7.49. The Kier molecular flexibility index (Phi) is 4.40. The van der Waals surface area contributed by atoms with Gasteiger partial charge in [0.1, 0.15) is 17.0 Å². The molecule has 2 fully saturated rings. The van der Waals surface area contributed by atoms with Crippen LogP contribution in [0.25, 0.3) is 22.6 Å². The molecular weight excluding hydrogens is 358 g/mol. The molecule has 2 N–H and O–H groups in total. The van der Waals surface area contributed by atoms with Crippen molar-refractivity contribution in [2.45, 2.75) is 25.9 Å². The first-order valence-electron chi connectivity index (χ1n) is 9.80. The molecule has 0 radical (unpaired) electrons. The first kappa shape index (κ1) is 17.4. The van der Waals surface area contributed by atoms with E-state index in [1.54, 1.807) is 6.20 Å². The number of pyridine rings is 1. The summed E-state index contributed by atoms with van der Waals surface area (Å²) >= 11 is 0. The number of nitrogens with one attached hydrogen (secondary N) is 2. The van der Waals surface area contributed by atoms with Gasteiger partial charge in [0.15, 0.2) is 11.6 Å². The minimum absolute atomic E-state index is 0.245. The molecule has 2 saturated heterocycles. The molecule has 0 saturated carbocycles. The molecule has 0 aliphatic carbocycles. The number of ether oxygens (including phenoxy) is 2. The second-order valence-electron chi connectivity index (χ2n) is 7.49. The Hall–Kier alpha value is -2.65. The standard InChI is InChI=1S/C19H25N7O2/c1-12-10-27-7-5-25(12)16-9-15-17(23-18(21-15)14-3-4-20-24-14)19(22-16)26-6-8-28-11-13(26)2/h3-4,9,12-13H,5-8,10-11H2,1-2H3,(H,20,24)(H,21,23)/t12-,13+/m0/s1. The average molecular weight is 383 g/mol. The molecule has 9 heteroatoms. The molecule has 9 nitrogen and oxygen atoms in total. The largest absolute Gasteiger partial charge is 0.377 e. The normalized spacial score (nSPS) is 23.5. The lowest BCUT2D eigenvalue weighted by Gasteiger charge is -2.37. The van der Waals surface area contributed by atoms with Gasteiger partial charge in [-0.1, -0.05) is 0 Å². The van der Waals surface area contributed by atoms with Gasteiger partial charge in [0.25, 0.3) is 0 Å². The topological polar surface area (TPSA) is 95.2 Å². The van der Waals surface area contributed by atoms with Gasteiger partial charge in [-0.2, -0.15) is 5.10 Å². The highest BCUT2D eigenvalue weighted by molar-refractivity contribution is 5.91. The van der Waals surface area contributed by atoms with Gasteiger partial charge in [-0.3, -0.25) is 5.10 Å². The maximum absolute atomic E-state index is 5.64. The smallest absolute Gasteiger partial charge is 0.159 e. The molecule has 0 amide bonds. The van der Waals surface area contributed by atoms with Gasteiger partial charge >= 0.3 is 0 Å². The molecule has 0 aromatic carbocycles. The molecule has 2 atom stereocenters. The summed E-state index contributed by atoms with van der Waals surface area (Å²) in [6, 6.07) is 4.53. The highest BCUT2D eigenvalue weighted by atomic mass is 16.5. The van der Waals surface area contributed by atoms with Crippen molar-refractivity contribution in [2.24, 2.45) is 0 Å². The molecule has 2 aliphatic heterocycles. The fourth-order valence-corrected chi connectivity index (χ4v) is 3.96. The van der Waals surface area contributed by atoms with E-state index in [9.17, 15) is 0 Å². The lowest BCUT2D eigenvalue weighted by atomic mass is 10.2. The first-order valence-corrected chi connectivity index (χ1v) is 9.80. The maximum atomic E-state index is 5.64. The molecule has 5 rings (SSSR count). The fraction of sp³-hybridized carbons (Fsp3) is 0.526. The van der Waals surface area contributed by atoms with E-state index in [0.717, 1.165) is 53.9 Å². The van der Waals surface area contributed by atoms with Crippen LogP contribution in [0.2, 0.25) is 0 Å². The maximum Gasteiger partial charge on any atom is 0.159 e. The Morgan fingerprint density at radius 3 is 2.46 bits per heavy atom. The zero-order valence-corrected chi connectivity index (χ0v) is 16.2. The Bertz CT molecular complexity index is 955. The summed E-state index contributed by atoms with van der Waals surface area (Å²) in [5.74, 6) is 2.63. The third kappa shape index (κ3) is 3.00. The van der Waals surface area contributed by atoms with Crippen LogP contribution >= 0.6 is 0 Å². The molecule has 0 unspecified atom stereocenters. The molecule has 3 aromatic rings. The van der Waals surface area contributed by atoms with E-state index < -0.39 is 0 Å². The second kappa shape index (κ2) is 7.06. The SMILES string of the molecule is C[C@@H]1COCCN1c1nc(N2CCOC[C@@H]2C)cc2[nH]c(-c3ccn[nH]3)nc12. The van der Waals surface area contributed by atoms with E-state index in [0.29, 0.717) is 19.8 Å². The summed E-state index contributed by atoms with van der Waals surface area (Å²) in [4.78, 5) is 18.0. The summed E-state index contributed by atoms with van der Waals surface area (Å²) in [6.07, 6.45) is 1.73. The molecule has 2 aliphatic rings. The van der Waals surface area contributed by atoms with Gasteiger partial charge in [0.05, 0.1) is 44.0 Å². The molecule has 28 heavy (non-hydrogen) atoms. The summed E-state index contributed by atoms with van der Waals surface area (Å²) < 4.78 is 11.2. The van der Waals surface area contributed by atoms with E-state index in [1.165, 1.54) is 0 Å². The van der Waals surface area contributed by atoms with Gasteiger partial charge in [-0.05, 0) is 19.9 Å². The predicted molar refractivity (Wildman–Crippen MR) is 107 cm³/mol. The number of aromatic amines is 2. The molecule has 0 bridgehead atoms. The third-order valence-corrected chi connectivity index (χ3v) is 5.49. The predicted octanol–water partition coefficient (Wildman–Crippen LogP) is 1.80. The van der Waals surface area contributed by atoms with Gasteiger partial charge in [-0.15, -0.1) is 0 Å². The van der Waals surface area contributed by atoms with Crippen molar-refractivity contribution in [3.05, 3.63) is 18.3 Å². The Morgan fingerprint density at radius 2 is 1.79 bits per heavy atom. The van der Waals surface area contributed by atoms with Crippen LogP contribution < -0.4 is 9.80 Å². The minimum Gasteiger partial charge on any atom is -0.377 e. The highest BCUT2D eigenvalue weighted by Crippen LogP contribution is 2.32. The van der Waals surface area contributed by atoms with E-state index in [4.69, 9.17) is 19.4 Å². The zero-order chi connectivity index (χ0) is 19.1. The fourth-order valence-electron chi connectivity index (χ4n) is 3.96. The Morgan fingerprint density at radius 1 is 1.04 bits per heavy atom. The number of nitrogens with zero attached hydrogens (tertiary/aromatic N) is 5. The minimum atomic E-state index is 0.245. The van der Waals surface area contributed by atoms with E-state index in [1.807, 2.05) is 6.07 Å². The van der Waals surface area contributed by atoms with Crippen molar-refractivity contribution < 1.29 is 9.47 Å². The molecular formula is C19H25N7O2. The molecule has 148 valence electrons. The summed E-state index contributed by atoms with van der Waals surface area (Å²) in [6.45, 7) is 8.80. The van der Waals surface area contributed by atoms with Crippen molar-refractivity contribution in [1.29, 1.82) is 0 Å². The summed E-state index contributed by atoms with van der Waals surface area (Å²) in [7, 11) is 0. The number of morpholine rings is 2. The number of rotatable bonds is 3. The molecule has 3 aromatic heterocycles. The lowest BCUT2D eigenvalue weighted by molar-refractivity contribution is 0.0976. The van der Waals surface area contributed by atoms with Crippen LogP contribution in [-0.4, -0.2) is 76.8 Å². The van der Waals surface area contributed by atoms with E-state index >= 15 is 0 Å². The molecule has 0 spiro atoms. The van der Waals surface area contributed by atoms with Gasteiger partial charge in [0.2, 0.25) is 0 Å². The number of aromatic nitrogens is 5. The van der Waals surface area contributed by atoms with Gasteiger partial charge < -0.3 is 24.3 Å². The van der Waals surface area contributed by atoms with Crippen LogP contribution in [0.1, 0.15) is 13.8 Å². The van der Waals surface area contributed by atoms with E-state index in [2.05, 4.69) is 44.9 Å². The van der Waals surface area contributed by atoms with Crippen LogP contribution in [0, 0.1) is 0 Å². The highest BCUT2D eigenvalue weighted by Gasteiger charge is 2.27. The van der Waals surface area contributed by atoms with Crippen molar-refractivity contribution in [2.75, 3.05) is 49.3 Å². The number of H-pyrrole nitrogens is 2. The van der Waals surface area contributed by atoms with Crippen LogP contribution in [0.15, 0.2) is 18.3 Å². The Balaban J connectivity index is 1.65. The van der Waals surface area contributed by atoms with Crippen molar-refractivity contribution in [1.82, 2.24) is 25.1 Å². The van der Waals surface area contributed by atoms with Gasteiger partial charge in [0, 0.05) is 25.4 Å². The van der Waals surface area contributed by atoms with Crippen molar-refractivity contribution in [3.63, 3.8) is 0 Å². The van der Waals surface area contributed by atoms with Crippen LogP contribution in [0.4, 0.5) is 11.6 Å². The Labute approximate surface area is 163 Å². The monoisotopic (exact) mass is 383 g/mol. The number of hydrogen-bond acceptors (Lipinski definition) is 7. The number of hydrogen-bond donors (Lipinski definition) is 2. The van der Waals surface area contributed by atoms with Crippen LogP contribution in [0.5, 0.6) is 0 Å². The lowest BCUT2D eigenvalue weighted by Crippen LogP contribution is -2.46. The third-order valence-electron chi connectivity index (χ3n) is 5.49. The van der Waals surface area contributed by atoms with E-state index in [-0.39, 0.29) is 12.1 Å². The zero-order valence-electron chi connectivity index (χ0n) is 16.2.